The largest absolute Gasteiger partial charge is 0.336 e. The first-order valence-corrected chi connectivity index (χ1v) is 10.0. The number of nitrogens with one attached hydrogen (secondary N) is 2. The number of hydrogen-bond donors (Lipinski definition) is 2. The highest BCUT2D eigenvalue weighted by molar-refractivity contribution is 5.94. The second-order valence-corrected chi connectivity index (χ2v) is 7.42. The Labute approximate surface area is 177 Å². The second kappa shape index (κ2) is 7.71. The number of carbonyl (C=O) groups is 1. The summed E-state index contributed by atoms with van der Waals surface area (Å²) in [5.74, 6) is 1.07. The zero-order valence-electron chi connectivity index (χ0n) is 16.9. The fraction of sp³-hybridized carbons (Fsp3) is 0.238. The maximum Gasteiger partial charge on any atom is 0.256 e. The van der Waals surface area contributed by atoms with E-state index in [2.05, 4.69) is 20.6 Å². The van der Waals surface area contributed by atoms with Gasteiger partial charge in [-0.2, -0.15) is 10.1 Å². The fourth-order valence-corrected chi connectivity index (χ4v) is 3.67. The molecular formula is C21H21FN8O. The van der Waals surface area contributed by atoms with Crippen LogP contribution in [0.15, 0.2) is 48.7 Å². The number of aromatic nitrogens is 5. The molecular weight excluding hydrogens is 399 g/mol. The van der Waals surface area contributed by atoms with Crippen molar-refractivity contribution < 1.29 is 9.18 Å². The van der Waals surface area contributed by atoms with Crippen molar-refractivity contribution in [2.75, 3.05) is 36.4 Å². The molecule has 1 aliphatic heterocycles. The van der Waals surface area contributed by atoms with E-state index >= 15 is 0 Å². The number of benzene rings is 1. The van der Waals surface area contributed by atoms with Crippen molar-refractivity contribution >= 4 is 29.0 Å². The van der Waals surface area contributed by atoms with E-state index in [9.17, 15) is 9.18 Å². The minimum absolute atomic E-state index is 0.0988. The predicted molar refractivity (Wildman–Crippen MR) is 114 cm³/mol. The Kier molecular flexibility index (Phi) is 4.73. The molecule has 9 nitrogen and oxygen atoms in total. The molecule has 0 unspecified atom stereocenters. The van der Waals surface area contributed by atoms with Crippen molar-refractivity contribution in [3.8, 4) is 0 Å². The van der Waals surface area contributed by atoms with E-state index in [1.165, 1.54) is 12.1 Å². The van der Waals surface area contributed by atoms with Gasteiger partial charge in [0.25, 0.3) is 5.91 Å². The SMILES string of the molecule is Cc1cc(Nc2nc(N3CCN(C(=O)c4ccccc4F)CC3)nn3cccc23)n[nH]1. The number of H-pyrrole nitrogens is 1. The zero-order valence-corrected chi connectivity index (χ0v) is 16.9. The van der Waals surface area contributed by atoms with Gasteiger partial charge in [0.1, 0.15) is 11.3 Å². The van der Waals surface area contributed by atoms with Crippen LogP contribution in [0.2, 0.25) is 0 Å². The first-order chi connectivity index (χ1) is 15.1. The molecule has 0 bridgehead atoms. The van der Waals surface area contributed by atoms with Gasteiger partial charge in [-0.25, -0.2) is 8.91 Å². The van der Waals surface area contributed by atoms with Crippen molar-refractivity contribution in [2.45, 2.75) is 6.92 Å². The molecule has 0 spiro atoms. The number of carbonyl (C=O) groups excluding carboxylic acids is 1. The minimum atomic E-state index is -0.499. The van der Waals surface area contributed by atoms with E-state index in [0.717, 1.165) is 11.2 Å². The summed E-state index contributed by atoms with van der Waals surface area (Å²) in [4.78, 5) is 21.1. The van der Waals surface area contributed by atoms with Crippen LogP contribution in [0.5, 0.6) is 0 Å². The normalized spacial score (nSPS) is 14.3. The molecule has 5 rings (SSSR count). The molecule has 4 aromatic rings. The van der Waals surface area contributed by atoms with Crippen molar-refractivity contribution in [3.05, 3.63) is 65.7 Å². The molecule has 1 saturated heterocycles. The van der Waals surface area contributed by atoms with Gasteiger partial charge in [-0.05, 0) is 31.2 Å². The first kappa shape index (κ1) is 19.0. The fourth-order valence-electron chi connectivity index (χ4n) is 3.67. The smallest absolute Gasteiger partial charge is 0.256 e. The van der Waals surface area contributed by atoms with Crippen molar-refractivity contribution in [1.29, 1.82) is 0 Å². The third-order valence-corrected chi connectivity index (χ3v) is 5.29. The lowest BCUT2D eigenvalue weighted by atomic mass is 10.1. The first-order valence-electron chi connectivity index (χ1n) is 10.0. The maximum absolute atomic E-state index is 14.0. The van der Waals surface area contributed by atoms with Gasteiger partial charge >= 0.3 is 0 Å². The van der Waals surface area contributed by atoms with Crippen molar-refractivity contribution in [1.82, 2.24) is 29.7 Å². The van der Waals surface area contributed by atoms with Crippen LogP contribution in [-0.4, -0.2) is 61.8 Å². The molecule has 4 heterocycles. The van der Waals surface area contributed by atoms with Crippen LogP contribution in [0, 0.1) is 12.7 Å². The van der Waals surface area contributed by atoms with Crippen LogP contribution in [0.25, 0.3) is 5.52 Å². The molecule has 0 aliphatic carbocycles. The summed E-state index contributed by atoms with van der Waals surface area (Å²) in [5.41, 5.74) is 1.87. The molecule has 2 N–H and O–H groups in total. The molecule has 158 valence electrons. The summed E-state index contributed by atoms with van der Waals surface area (Å²) in [6.45, 7) is 3.95. The van der Waals surface area contributed by atoms with Gasteiger partial charge in [0.2, 0.25) is 5.95 Å². The van der Waals surface area contributed by atoms with E-state index in [0.29, 0.717) is 43.8 Å². The molecule has 0 radical (unpaired) electrons. The molecule has 1 amide bonds. The number of aryl methyl sites for hydroxylation is 1. The average Bonchev–Trinajstić information content (AvgIpc) is 3.42. The zero-order chi connectivity index (χ0) is 21.4. The number of halogens is 1. The molecule has 1 aliphatic rings. The number of amides is 1. The number of nitrogens with zero attached hydrogens (tertiary/aromatic N) is 6. The molecule has 3 aromatic heterocycles. The number of aromatic amines is 1. The molecule has 0 saturated carbocycles. The molecule has 1 fully saturated rings. The number of fused-ring (bicyclic) bond motifs is 1. The molecule has 31 heavy (non-hydrogen) atoms. The van der Waals surface area contributed by atoms with Gasteiger partial charge in [-0.1, -0.05) is 12.1 Å². The average molecular weight is 420 g/mol. The summed E-state index contributed by atoms with van der Waals surface area (Å²) in [7, 11) is 0. The summed E-state index contributed by atoms with van der Waals surface area (Å²) in [6, 6.07) is 11.8. The van der Waals surface area contributed by atoms with Crippen LogP contribution < -0.4 is 10.2 Å². The van der Waals surface area contributed by atoms with E-state index in [-0.39, 0.29) is 11.5 Å². The summed E-state index contributed by atoms with van der Waals surface area (Å²) >= 11 is 0. The number of rotatable bonds is 4. The highest BCUT2D eigenvalue weighted by Gasteiger charge is 2.25. The van der Waals surface area contributed by atoms with E-state index in [1.807, 2.05) is 36.2 Å². The van der Waals surface area contributed by atoms with E-state index < -0.39 is 5.82 Å². The lowest BCUT2D eigenvalue weighted by Crippen LogP contribution is -2.49. The van der Waals surface area contributed by atoms with Crippen molar-refractivity contribution in [3.63, 3.8) is 0 Å². The number of piperazine rings is 1. The highest BCUT2D eigenvalue weighted by Crippen LogP contribution is 2.23. The van der Waals surface area contributed by atoms with Gasteiger partial charge in [-0.3, -0.25) is 9.89 Å². The van der Waals surface area contributed by atoms with E-state index in [1.54, 1.807) is 21.5 Å². The van der Waals surface area contributed by atoms with Crippen LogP contribution in [0.3, 0.4) is 0 Å². The van der Waals surface area contributed by atoms with E-state index in [4.69, 9.17) is 4.98 Å². The Balaban J connectivity index is 1.35. The third-order valence-electron chi connectivity index (χ3n) is 5.29. The van der Waals surface area contributed by atoms with Crippen LogP contribution in [0.4, 0.5) is 22.0 Å². The summed E-state index contributed by atoms with van der Waals surface area (Å²) in [5, 5.41) is 15.0. The standard InChI is InChI=1S/C21H21FN8O/c1-14-13-18(26-25-14)23-19-17-7-4-8-30(17)27-21(24-19)29-11-9-28(10-12-29)20(31)15-5-2-3-6-16(15)22/h2-8,13H,9-12H2,1H3,(H2,23,24,25,26,27). The third kappa shape index (κ3) is 3.67. The number of anilines is 3. The topological polar surface area (TPSA) is 94.5 Å². The van der Waals surface area contributed by atoms with Gasteiger partial charge in [0.05, 0.1) is 5.56 Å². The van der Waals surface area contributed by atoms with Gasteiger partial charge in [-0.15, -0.1) is 5.10 Å². The Morgan fingerprint density at radius 3 is 2.68 bits per heavy atom. The quantitative estimate of drug-likeness (QED) is 0.527. The lowest BCUT2D eigenvalue weighted by Gasteiger charge is -2.34. The Morgan fingerprint density at radius 1 is 1.13 bits per heavy atom. The van der Waals surface area contributed by atoms with Crippen LogP contribution in [0.1, 0.15) is 16.1 Å². The molecule has 0 atom stereocenters. The summed E-state index contributed by atoms with van der Waals surface area (Å²) in [6.07, 6.45) is 1.86. The van der Waals surface area contributed by atoms with Gasteiger partial charge in [0, 0.05) is 44.1 Å². The highest BCUT2D eigenvalue weighted by atomic mass is 19.1. The Morgan fingerprint density at radius 2 is 1.94 bits per heavy atom. The number of hydrogen-bond acceptors (Lipinski definition) is 6. The Bertz CT molecular complexity index is 1240. The van der Waals surface area contributed by atoms with Crippen LogP contribution in [-0.2, 0) is 0 Å². The predicted octanol–water partition coefficient (Wildman–Crippen LogP) is 2.61. The molecule has 1 aromatic carbocycles. The molecule has 10 heteroatoms. The van der Waals surface area contributed by atoms with Gasteiger partial charge in [0.15, 0.2) is 11.6 Å². The van der Waals surface area contributed by atoms with Crippen molar-refractivity contribution in [2.24, 2.45) is 0 Å². The van der Waals surface area contributed by atoms with Gasteiger partial charge < -0.3 is 15.1 Å². The second-order valence-electron chi connectivity index (χ2n) is 7.42. The lowest BCUT2D eigenvalue weighted by molar-refractivity contribution is 0.0741. The summed E-state index contributed by atoms with van der Waals surface area (Å²) < 4.78 is 15.7. The maximum atomic E-state index is 14.0. The minimum Gasteiger partial charge on any atom is -0.336 e. The Hall–Kier alpha value is -3.95. The van der Waals surface area contributed by atoms with Crippen LogP contribution >= 0.6 is 0 Å². The monoisotopic (exact) mass is 420 g/mol.